The summed E-state index contributed by atoms with van der Waals surface area (Å²) < 4.78 is 0.646. The van der Waals surface area contributed by atoms with Crippen LogP contribution in [-0.2, 0) is 4.79 Å². The molecule has 0 radical (unpaired) electrons. The van der Waals surface area contributed by atoms with Gasteiger partial charge in [-0.25, -0.2) is 0 Å². The molecule has 0 N–H and O–H groups in total. The first-order valence-corrected chi connectivity index (χ1v) is 6.52. The van der Waals surface area contributed by atoms with E-state index < -0.39 is 10.5 Å². The molecule has 1 aromatic carbocycles. The van der Waals surface area contributed by atoms with Gasteiger partial charge in [0.15, 0.2) is 6.21 Å². The van der Waals surface area contributed by atoms with E-state index in [4.69, 9.17) is 0 Å². The van der Waals surface area contributed by atoms with Crippen LogP contribution in [0.2, 0.25) is 0 Å². The third kappa shape index (κ3) is 2.68. The van der Waals surface area contributed by atoms with Gasteiger partial charge in [-0.05, 0) is 18.9 Å². The fourth-order valence-electron chi connectivity index (χ4n) is 2.39. The topological polar surface area (TPSA) is 86.3 Å². The van der Waals surface area contributed by atoms with Gasteiger partial charge in [0, 0.05) is 37.5 Å². The lowest BCUT2D eigenvalue weighted by atomic mass is 9.82. The van der Waals surface area contributed by atoms with Gasteiger partial charge >= 0.3 is 0 Å². The number of Topliss-reactive ketones (excluding diaryl/α,β-unsaturated/α-hetero) is 1. The minimum absolute atomic E-state index is 0.0690. The first-order valence-electron chi connectivity index (χ1n) is 6.52. The number of benzene rings is 1. The molecule has 0 aromatic heterocycles. The van der Waals surface area contributed by atoms with Crippen LogP contribution in [0.25, 0.3) is 0 Å². The third-order valence-electron chi connectivity index (χ3n) is 3.75. The maximum absolute atomic E-state index is 12.3. The molecule has 0 bridgehead atoms. The molecule has 0 unspecified atom stereocenters. The van der Waals surface area contributed by atoms with E-state index in [-0.39, 0.29) is 11.5 Å². The monoisotopic (exact) mass is 276 g/mol. The molecule has 0 aliphatic heterocycles. The lowest BCUT2D eigenvalue weighted by molar-refractivity contribution is -0.525. The van der Waals surface area contributed by atoms with Crippen LogP contribution in [-0.4, -0.2) is 27.2 Å². The zero-order valence-electron chi connectivity index (χ0n) is 11.2. The second-order valence-corrected chi connectivity index (χ2v) is 5.21. The van der Waals surface area contributed by atoms with Gasteiger partial charge in [0.05, 0.1) is 4.92 Å². The van der Waals surface area contributed by atoms with Gasteiger partial charge in [-0.2, -0.15) is 4.74 Å². The quantitative estimate of drug-likeness (QED) is 0.279. The first kappa shape index (κ1) is 14.2. The van der Waals surface area contributed by atoms with Gasteiger partial charge in [0.25, 0.3) is 5.69 Å². The number of hydroxylamine groups is 1. The summed E-state index contributed by atoms with van der Waals surface area (Å²) in [4.78, 5) is 22.1. The number of ketones is 1. The molecule has 1 fully saturated rings. The summed E-state index contributed by atoms with van der Waals surface area (Å²) in [6.07, 6.45) is 3.85. The van der Waals surface area contributed by atoms with Crippen molar-refractivity contribution >= 4 is 17.7 Å². The number of hydrogen-bond donors (Lipinski definition) is 0. The number of nitrogens with zero attached hydrogens (tertiary/aromatic N) is 2. The van der Waals surface area contributed by atoms with Crippen molar-refractivity contribution in [2.24, 2.45) is 0 Å². The van der Waals surface area contributed by atoms with Gasteiger partial charge in [0.2, 0.25) is 11.3 Å². The summed E-state index contributed by atoms with van der Waals surface area (Å²) in [6.45, 7) is 1.63. The number of rotatable bonds is 3. The average molecular weight is 276 g/mol. The van der Waals surface area contributed by atoms with Gasteiger partial charge < -0.3 is 5.21 Å². The molecule has 0 spiro atoms. The molecule has 6 heteroatoms. The Balaban J connectivity index is 2.32. The van der Waals surface area contributed by atoms with Gasteiger partial charge in [-0.1, -0.05) is 6.07 Å². The highest BCUT2D eigenvalue weighted by atomic mass is 16.6. The van der Waals surface area contributed by atoms with Crippen molar-refractivity contribution in [3.63, 3.8) is 0 Å². The zero-order chi connectivity index (χ0) is 14.8. The van der Waals surface area contributed by atoms with Gasteiger partial charge in [-0.15, -0.1) is 0 Å². The minimum atomic E-state index is -1.05. The number of carbonyl (C=O) groups excluding carboxylic acids is 1. The van der Waals surface area contributed by atoms with Crippen molar-refractivity contribution in [3.8, 4) is 0 Å². The molecular weight excluding hydrogens is 260 g/mol. The molecule has 1 aliphatic carbocycles. The molecule has 0 heterocycles. The predicted molar refractivity (Wildman–Crippen MR) is 73.8 cm³/mol. The Morgan fingerprint density at radius 2 is 2.05 bits per heavy atom. The lowest BCUT2D eigenvalue weighted by Gasteiger charge is -2.30. The Morgan fingerprint density at radius 1 is 1.30 bits per heavy atom. The van der Waals surface area contributed by atoms with Crippen LogP contribution in [0.1, 0.15) is 38.2 Å². The van der Waals surface area contributed by atoms with E-state index in [0.717, 1.165) is 12.8 Å². The molecule has 1 aliphatic rings. The van der Waals surface area contributed by atoms with E-state index in [9.17, 15) is 20.1 Å². The number of nitro benzene ring substituents is 1. The Hall–Kier alpha value is -2.24. The summed E-state index contributed by atoms with van der Waals surface area (Å²) in [7, 11) is 0. The van der Waals surface area contributed by atoms with Crippen molar-refractivity contribution in [2.75, 3.05) is 0 Å². The van der Waals surface area contributed by atoms with E-state index in [0.29, 0.717) is 23.1 Å². The van der Waals surface area contributed by atoms with Crippen LogP contribution in [0.5, 0.6) is 0 Å². The van der Waals surface area contributed by atoms with Crippen LogP contribution in [0.3, 0.4) is 0 Å². The Kier molecular flexibility index (Phi) is 3.83. The van der Waals surface area contributed by atoms with Gasteiger partial charge in [-0.3, -0.25) is 14.9 Å². The number of hydrogen-bond acceptors (Lipinski definition) is 4. The largest absolute Gasteiger partial charge is 0.623 e. The van der Waals surface area contributed by atoms with E-state index in [1.807, 2.05) is 0 Å². The van der Waals surface area contributed by atoms with E-state index >= 15 is 0 Å². The van der Waals surface area contributed by atoms with Crippen LogP contribution in [0.4, 0.5) is 5.69 Å². The summed E-state index contributed by atoms with van der Waals surface area (Å²) in [5.41, 5.74) is -0.704. The molecule has 20 heavy (non-hydrogen) atoms. The Labute approximate surface area is 116 Å². The summed E-state index contributed by atoms with van der Waals surface area (Å²) in [5, 5.41) is 23.0. The summed E-state index contributed by atoms with van der Waals surface area (Å²) in [5.74, 6) is -0.0690. The van der Waals surface area contributed by atoms with Crippen LogP contribution in [0.15, 0.2) is 24.3 Å². The minimum Gasteiger partial charge on any atom is -0.623 e. The maximum atomic E-state index is 12.3. The smallest absolute Gasteiger partial charge is 0.270 e. The fraction of sp³-hybridized carbons (Fsp3) is 0.429. The number of carbonyl (C=O) groups is 1. The zero-order valence-corrected chi connectivity index (χ0v) is 11.2. The lowest BCUT2D eigenvalue weighted by Crippen LogP contribution is -2.46. The molecule has 1 saturated carbocycles. The van der Waals surface area contributed by atoms with Crippen molar-refractivity contribution in [1.29, 1.82) is 0 Å². The molecule has 0 amide bonds. The summed E-state index contributed by atoms with van der Waals surface area (Å²) >= 11 is 0. The predicted octanol–water partition coefficient (Wildman–Crippen LogP) is 2.43. The van der Waals surface area contributed by atoms with Gasteiger partial charge in [0.1, 0.15) is 0 Å². The second-order valence-electron chi connectivity index (χ2n) is 5.21. The Bertz CT molecular complexity index is 582. The molecule has 6 nitrogen and oxygen atoms in total. The van der Waals surface area contributed by atoms with Crippen molar-refractivity contribution in [3.05, 3.63) is 45.2 Å². The standard InChI is InChI=1S/C14H16N2O4/c1-14(8-3-2-7-13(14)17)15(18)10-11-5-4-6-12(9-11)16(19)20/h4-6,9-10H,2-3,7-8H2,1H3/b15-10-/t14-/m0/s1. The van der Waals surface area contributed by atoms with Crippen molar-refractivity contribution in [1.82, 2.24) is 0 Å². The van der Waals surface area contributed by atoms with Crippen LogP contribution in [0, 0.1) is 15.3 Å². The van der Waals surface area contributed by atoms with E-state index in [1.165, 1.54) is 24.4 Å². The highest BCUT2D eigenvalue weighted by molar-refractivity contribution is 5.88. The summed E-state index contributed by atoms with van der Waals surface area (Å²) in [6, 6.07) is 5.80. The van der Waals surface area contributed by atoms with E-state index in [1.54, 1.807) is 13.0 Å². The highest BCUT2D eigenvalue weighted by Gasteiger charge is 2.42. The molecule has 0 saturated heterocycles. The number of nitro groups is 1. The van der Waals surface area contributed by atoms with Crippen LogP contribution >= 0.6 is 0 Å². The highest BCUT2D eigenvalue weighted by Crippen LogP contribution is 2.27. The fourth-order valence-corrected chi connectivity index (χ4v) is 2.39. The molecule has 1 atom stereocenters. The molecule has 2 rings (SSSR count). The molecular formula is C14H16N2O4. The average Bonchev–Trinajstić information content (AvgIpc) is 2.42. The second kappa shape index (κ2) is 5.40. The molecule has 1 aromatic rings. The normalized spacial score (nSPS) is 23.6. The van der Waals surface area contributed by atoms with Crippen molar-refractivity contribution < 1.29 is 14.5 Å². The number of non-ortho nitro benzene ring substituents is 1. The molecule has 106 valence electrons. The third-order valence-corrected chi connectivity index (χ3v) is 3.75. The Morgan fingerprint density at radius 3 is 2.70 bits per heavy atom. The van der Waals surface area contributed by atoms with Crippen LogP contribution < -0.4 is 0 Å². The maximum Gasteiger partial charge on any atom is 0.270 e. The van der Waals surface area contributed by atoms with E-state index in [2.05, 4.69) is 0 Å². The first-order chi connectivity index (χ1) is 9.43. The SMILES string of the molecule is C[C@]1(/[N+]([O-])=C/c2cccc([N+](=O)[O-])c2)CCCCC1=O. The van der Waals surface area contributed by atoms with Crippen molar-refractivity contribution in [2.45, 2.75) is 38.1 Å².